The van der Waals surface area contributed by atoms with Gasteiger partial charge in [0.05, 0.1) is 7.11 Å². The number of aromatic hydroxyl groups is 1. The fourth-order valence-electron chi connectivity index (χ4n) is 2.19. The van der Waals surface area contributed by atoms with E-state index in [2.05, 4.69) is 20.9 Å². The van der Waals surface area contributed by atoms with Crippen LogP contribution in [0.1, 0.15) is 11.5 Å². The summed E-state index contributed by atoms with van der Waals surface area (Å²) in [5.74, 6) is 1.56. The van der Waals surface area contributed by atoms with E-state index in [0.717, 1.165) is 15.8 Å². The smallest absolute Gasteiger partial charge is 0.198 e. The molecule has 22 heavy (non-hydrogen) atoms. The van der Waals surface area contributed by atoms with E-state index in [1.807, 2.05) is 30.3 Å². The molecule has 0 spiro atoms. The van der Waals surface area contributed by atoms with Gasteiger partial charge in [0.15, 0.2) is 5.89 Å². The maximum atomic E-state index is 9.94. The summed E-state index contributed by atoms with van der Waals surface area (Å²) in [6.07, 6.45) is 2.11. The van der Waals surface area contributed by atoms with E-state index in [0.29, 0.717) is 23.6 Å². The number of methoxy groups -OCH3 is 1. The number of nitrogens with zero attached hydrogens (tertiary/aromatic N) is 1. The summed E-state index contributed by atoms with van der Waals surface area (Å²) in [6.45, 7) is 0. The summed E-state index contributed by atoms with van der Waals surface area (Å²) in [6, 6.07) is 13.0. The summed E-state index contributed by atoms with van der Waals surface area (Å²) in [7, 11) is 1.64. The summed E-state index contributed by atoms with van der Waals surface area (Å²) < 4.78 is 11.6. The monoisotopic (exact) mass is 359 g/mol. The lowest BCUT2D eigenvalue weighted by molar-refractivity contribution is 0.414. The van der Waals surface area contributed by atoms with Gasteiger partial charge in [0.25, 0.3) is 0 Å². The summed E-state index contributed by atoms with van der Waals surface area (Å²) >= 11 is 3.39. The molecule has 2 aromatic carbocycles. The van der Waals surface area contributed by atoms with Crippen molar-refractivity contribution in [3.05, 3.63) is 64.7 Å². The van der Waals surface area contributed by atoms with E-state index >= 15 is 0 Å². The average Bonchev–Trinajstić information content (AvgIpc) is 2.98. The molecule has 1 aromatic heterocycles. The maximum absolute atomic E-state index is 9.94. The van der Waals surface area contributed by atoms with Crippen molar-refractivity contribution in [1.29, 1.82) is 0 Å². The first-order valence-electron chi connectivity index (χ1n) is 6.72. The highest BCUT2D eigenvalue weighted by Crippen LogP contribution is 2.31. The number of hydrogen-bond donors (Lipinski definition) is 1. The highest BCUT2D eigenvalue weighted by atomic mass is 79.9. The highest BCUT2D eigenvalue weighted by molar-refractivity contribution is 9.10. The van der Waals surface area contributed by atoms with Crippen molar-refractivity contribution in [2.45, 2.75) is 6.42 Å². The van der Waals surface area contributed by atoms with Gasteiger partial charge in [-0.3, -0.25) is 0 Å². The van der Waals surface area contributed by atoms with Crippen molar-refractivity contribution >= 4 is 15.9 Å². The Kier molecular flexibility index (Phi) is 4.15. The van der Waals surface area contributed by atoms with E-state index in [9.17, 15) is 5.11 Å². The Balaban J connectivity index is 1.86. The first-order chi connectivity index (χ1) is 10.7. The molecule has 5 heteroatoms. The second kappa shape index (κ2) is 6.23. The Morgan fingerprint density at radius 1 is 1.23 bits per heavy atom. The molecular weight excluding hydrogens is 346 g/mol. The molecule has 0 saturated carbocycles. The summed E-state index contributed by atoms with van der Waals surface area (Å²) in [5.41, 5.74) is 2.29. The summed E-state index contributed by atoms with van der Waals surface area (Å²) in [4.78, 5) is 4.44. The van der Waals surface area contributed by atoms with Crippen LogP contribution in [-0.2, 0) is 6.42 Å². The number of phenols is 1. The van der Waals surface area contributed by atoms with Crippen molar-refractivity contribution in [3.63, 3.8) is 0 Å². The van der Waals surface area contributed by atoms with E-state index < -0.39 is 0 Å². The SMILES string of the molecule is COc1cccc(Cc2nc(-c3cc(Br)ccc3O)co2)c1. The fourth-order valence-corrected chi connectivity index (χ4v) is 2.55. The molecule has 4 nitrogen and oxygen atoms in total. The molecule has 0 amide bonds. The van der Waals surface area contributed by atoms with Crippen molar-refractivity contribution < 1.29 is 14.3 Å². The zero-order chi connectivity index (χ0) is 15.5. The molecule has 1 heterocycles. The molecule has 0 atom stereocenters. The quantitative estimate of drug-likeness (QED) is 0.749. The van der Waals surface area contributed by atoms with Gasteiger partial charge in [0.1, 0.15) is 23.5 Å². The Bertz CT molecular complexity index is 798. The molecule has 0 saturated heterocycles. The molecule has 0 radical (unpaired) electrons. The molecule has 0 aliphatic carbocycles. The predicted octanol–water partition coefficient (Wildman–Crippen LogP) is 4.41. The van der Waals surface area contributed by atoms with Gasteiger partial charge in [0, 0.05) is 16.5 Å². The molecule has 1 N–H and O–H groups in total. The molecular formula is C17H14BrNO3. The Morgan fingerprint density at radius 3 is 2.91 bits per heavy atom. The van der Waals surface area contributed by atoms with E-state index in [4.69, 9.17) is 9.15 Å². The second-order valence-corrected chi connectivity index (χ2v) is 5.73. The second-order valence-electron chi connectivity index (χ2n) is 4.82. The first-order valence-corrected chi connectivity index (χ1v) is 7.51. The predicted molar refractivity (Wildman–Crippen MR) is 87.1 cm³/mol. The lowest BCUT2D eigenvalue weighted by Gasteiger charge is -2.02. The fraction of sp³-hybridized carbons (Fsp3) is 0.118. The van der Waals surface area contributed by atoms with Gasteiger partial charge >= 0.3 is 0 Å². The zero-order valence-corrected chi connectivity index (χ0v) is 13.5. The van der Waals surface area contributed by atoms with Crippen LogP contribution in [0.2, 0.25) is 0 Å². The lowest BCUT2D eigenvalue weighted by atomic mass is 10.1. The average molecular weight is 360 g/mol. The van der Waals surface area contributed by atoms with Crippen LogP contribution in [0.3, 0.4) is 0 Å². The minimum absolute atomic E-state index is 0.171. The van der Waals surface area contributed by atoms with Crippen LogP contribution in [-0.4, -0.2) is 17.2 Å². The van der Waals surface area contributed by atoms with Gasteiger partial charge < -0.3 is 14.3 Å². The van der Waals surface area contributed by atoms with Gasteiger partial charge in [-0.1, -0.05) is 28.1 Å². The standard InChI is InChI=1S/C17H14BrNO3/c1-21-13-4-2-3-11(7-13)8-17-19-15(10-22-17)14-9-12(18)5-6-16(14)20/h2-7,9-10,20H,8H2,1H3. The molecule has 0 fully saturated rings. The molecule has 0 bridgehead atoms. The van der Waals surface area contributed by atoms with Crippen LogP contribution in [0.25, 0.3) is 11.3 Å². The number of benzene rings is 2. The molecule has 3 rings (SSSR count). The Labute approximate surface area is 136 Å². The van der Waals surface area contributed by atoms with Crippen LogP contribution in [0.5, 0.6) is 11.5 Å². The molecule has 0 aliphatic heterocycles. The molecule has 0 unspecified atom stereocenters. The summed E-state index contributed by atoms with van der Waals surface area (Å²) in [5, 5.41) is 9.94. The minimum Gasteiger partial charge on any atom is -0.507 e. The molecule has 112 valence electrons. The topological polar surface area (TPSA) is 55.5 Å². The van der Waals surface area contributed by atoms with Crippen LogP contribution in [0.15, 0.2) is 57.6 Å². The van der Waals surface area contributed by atoms with Crippen LogP contribution in [0.4, 0.5) is 0 Å². The van der Waals surface area contributed by atoms with Gasteiger partial charge in [0.2, 0.25) is 0 Å². The lowest BCUT2D eigenvalue weighted by Crippen LogP contribution is -1.90. The zero-order valence-electron chi connectivity index (χ0n) is 11.9. The number of rotatable bonds is 4. The van der Waals surface area contributed by atoms with Crippen LogP contribution >= 0.6 is 15.9 Å². The van der Waals surface area contributed by atoms with Crippen molar-refractivity contribution in [2.75, 3.05) is 7.11 Å². The van der Waals surface area contributed by atoms with Gasteiger partial charge in [-0.05, 0) is 35.9 Å². The van der Waals surface area contributed by atoms with Gasteiger partial charge in [-0.25, -0.2) is 4.98 Å². The normalized spacial score (nSPS) is 10.6. The van der Waals surface area contributed by atoms with Crippen LogP contribution in [0, 0.1) is 0 Å². The van der Waals surface area contributed by atoms with Crippen LogP contribution < -0.4 is 4.74 Å². The minimum atomic E-state index is 0.171. The number of aromatic nitrogens is 1. The third kappa shape index (κ3) is 3.14. The maximum Gasteiger partial charge on any atom is 0.198 e. The van der Waals surface area contributed by atoms with E-state index in [1.54, 1.807) is 25.5 Å². The third-order valence-corrected chi connectivity index (χ3v) is 3.77. The van der Waals surface area contributed by atoms with Gasteiger partial charge in [-0.2, -0.15) is 0 Å². The van der Waals surface area contributed by atoms with Gasteiger partial charge in [-0.15, -0.1) is 0 Å². The molecule has 0 aliphatic rings. The number of hydrogen-bond acceptors (Lipinski definition) is 4. The largest absolute Gasteiger partial charge is 0.507 e. The molecule has 3 aromatic rings. The van der Waals surface area contributed by atoms with Crippen molar-refractivity contribution in [2.24, 2.45) is 0 Å². The number of oxazole rings is 1. The Morgan fingerprint density at radius 2 is 2.09 bits per heavy atom. The van der Waals surface area contributed by atoms with Crippen molar-refractivity contribution in [3.8, 4) is 22.8 Å². The Hall–Kier alpha value is -2.27. The number of ether oxygens (including phenoxy) is 1. The third-order valence-electron chi connectivity index (χ3n) is 3.28. The number of halogens is 1. The van der Waals surface area contributed by atoms with E-state index in [-0.39, 0.29) is 5.75 Å². The highest BCUT2D eigenvalue weighted by Gasteiger charge is 2.11. The first kappa shape index (κ1) is 14.7. The van der Waals surface area contributed by atoms with Crippen molar-refractivity contribution in [1.82, 2.24) is 4.98 Å². The number of phenolic OH excluding ortho intramolecular Hbond substituents is 1. The van der Waals surface area contributed by atoms with E-state index in [1.165, 1.54) is 0 Å².